The largest absolute Gasteiger partial charge is 0.464 e. The zero-order valence-electron chi connectivity index (χ0n) is 9.02. The number of ether oxygens (including phenoxy) is 1. The first kappa shape index (κ1) is 13.3. The van der Waals surface area contributed by atoms with E-state index < -0.39 is 20.7 Å². The normalized spacial score (nSPS) is 19.6. The summed E-state index contributed by atoms with van der Waals surface area (Å²) in [6.45, 7) is 1.67. The van der Waals surface area contributed by atoms with Crippen molar-refractivity contribution in [3.8, 4) is 0 Å². The lowest BCUT2D eigenvalue weighted by atomic mass is 10.3. The number of sulfone groups is 1. The Kier molecular flexibility index (Phi) is 3.87. The van der Waals surface area contributed by atoms with Crippen molar-refractivity contribution < 1.29 is 17.9 Å². The SMILES string of the molecule is CCOC(=O)C(N)(C1=CNCS1)S(C)(=O)=O. The Morgan fingerprint density at radius 1 is 1.75 bits per heavy atom. The highest BCUT2D eigenvalue weighted by Gasteiger charge is 2.50. The summed E-state index contributed by atoms with van der Waals surface area (Å²) in [6, 6.07) is 0. The van der Waals surface area contributed by atoms with E-state index in [1.54, 1.807) is 6.92 Å². The van der Waals surface area contributed by atoms with Gasteiger partial charge in [0.1, 0.15) is 0 Å². The number of rotatable bonds is 4. The lowest BCUT2D eigenvalue weighted by molar-refractivity contribution is -0.144. The minimum absolute atomic E-state index is 0.0820. The Hall–Kier alpha value is -0.730. The number of hydrogen-bond donors (Lipinski definition) is 2. The average molecular weight is 266 g/mol. The second-order valence-electron chi connectivity index (χ2n) is 3.23. The van der Waals surface area contributed by atoms with Gasteiger partial charge in [-0.05, 0) is 6.92 Å². The van der Waals surface area contributed by atoms with E-state index in [0.717, 1.165) is 6.26 Å². The van der Waals surface area contributed by atoms with Gasteiger partial charge in [0.15, 0.2) is 9.84 Å². The fourth-order valence-corrected chi connectivity index (χ4v) is 3.39. The second-order valence-corrected chi connectivity index (χ2v) is 6.44. The van der Waals surface area contributed by atoms with E-state index in [1.165, 1.54) is 18.0 Å². The summed E-state index contributed by atoms with van der Waals surface area (Å²) in [6.07, 6.45) is 2.35. The van der Waals surface area contributed by atoms with Crippen molar-refractivity contribution in [3.05, 3.63) is 11.1 Å². The van der Waals surface area contributed by atoms with Crippen LogP contribution in [0.25, 0.3) is 0 Å². The van der Waals surface area contributed by atoms with Gasteiger partial charge in [0.05, 0.1) is 12.5 Å². The van der Waals surface area contributed by atoms with Crippen LogP contribution in [0.1, 0.15) is 6.92 Å². The molecule has 0 spiro atoms. The molecule has 16 heavy (non-hydrogen) atoms. The van der Waals surface area contributed by atoms with Crippen molar-refractivity contribution in [2.24, 2.45) is 5.73 Å². The van der Waals surface area contributed by atoms with Crippen LogP contribution in [0.3, 0.4) is 0 Å². The molecule has 0 saturated heterocycles. The van der Waals surface area contributed by atoms with E-state index in [-0.39, 0.29) is 11.5 Å². The summed E-state index contributed by atoms with van der Waals surface area (Å²) in [5.41, 5.74) is 5.72. The van der Waals surface area contributed by atoms with Gasteiger partial charge in [0, 0.05) is 17.4 Å². The topological polar surface area (TPSA) is 98.5 Å². The van der Waals surface area contributed by atoms with Crippen molar-refractivity contribution in [2.45, 2.75) is 11.8 Å². The van der Waals surface area contributed by atoms with Crippen LogP contribution < -0.4 is 11.1 Å². The maximum Gasteiger partial charge on any atom is 0.347 e. The average Bonchev–Trinajstić information content (AvgIpc) is 2.67. The number of nitrogens with two attached hydrogens (primary N) is 1. The number of carbonyl (C=O) groups is 1. The summed E-state index contributed by atoms with van der Waals surface area (Å²) in [5.74, 6) is -0.455. The van der Waals surface area contributed by atoms with Gasteiger partial charge in [-0.1, -0.05) is 0 Å². The van der Waals surface area contributed by atoms with Crippen LogP contribution in [-0.2, 0) is 19.4 Å². The molecule has 1 unspecified atom stereocenters. The van der Waals surface area contributed by atoms with Crippen molar-refractivity contribution in [1.82, 2.24) is 5.32 Å². The molecule has 0 aromatic rings. The van der Waals surface area contributed by atoms with E-state index in [0.29, 0.717) is 5.88 Å². The minimum Gasteiger partial charge on any atom is -0.464 e. The Bertz CT molecular complexity index is 418. The molecule has 1 aliphatic heterocycles. The fraction of sp³-hybridized carbons (Fsp3) is 0.625. The van der Waals surface area contributed by atoms with Crippen LogP contribution in [-0.4, -0.2) is 38.0 Å². The zero-order valence-corrected chi connectivity index (χ0v) is 10.7. The first-order valence-corrected chi connectivity index (χ1v) is 7.44. The van der Waals surface area contributed by atoms with Crippen LogP contribution in [0, 0.1) is 0 Å². The highest BCUT2D eigenvalue weighted by molar-refractivity contribution is 8.05. The molecule has 0 aliphatic carbocycles. The molecule has 0 aromatic carbocycles. The molecule has 0 amide bonds. The van der Waals surface area contributed by atoms with Gasteiger partial charge in [-0.15, -0.1) is 11.8 Å². The maximum absolute atomic E-state index is 11.7. The van der Waals surface area contributed by atoms with Gasteiger partial charge in [-0.2, -0.15) is 0 Å². The van der Waals surface area contributed by atoms with Gasteiger partial charge in [0.25, 0.3) is 0 Å². The molecule has 1 rings (SSSR count). The van der Waals surface area contributed by atoms with Crippen molar-refractivity contribution >= 4 is 27.6 Å². The van der Waals surface area contributed by atoms with E-state index >= 15 is 0 Å². The Morgan fingerprint density at radius 2 is 2.38 bits per heavy atom. The van der Waals surface area contributed by atoms with Crippen LogP contribution >= 0.6 is 11.8 Å². The first-order chi connectivity index (χ1) is 7.34. The Morgan fingerprint density at radius 3 is 2.75 bits per heavy atom. The third kappa shape index (κ3) is 2.18. The standard InChI is InChI=1S/C8H14N2O4S2/c1-3-14-7(11)8(9,16(2,12)13)6-4-10-5-15-6/h4,10H,3,5,9H2,1-2H3. The van der Waals surface area contributed by atoms with E-state index in [2.05, 4.69) is 5.32 Å². The Labute approximate surface area is 98.5 Å². The van der Waals surface area contributed by atoms with E-state index in [4.69, 9.17) is 10.5 Å². The molecular weight excluding hydrogens is 252 g/mol. The van der Waals surface area contributed by atoms with Gasteiger partial charge < -0.3 is 10.1 Å². The lowest BCUT2D eigenvalue weighted by Gasteiger charge is -2.25. The number of nitrogens with one attached hydrogen (secondary N) is 1. The van der Waals surface area contributed by atoms with Gasteiger partial charge in [0.2, 0.25) is 4.87 Å². The molecule has 1 aliphatic rings. The second kappa shape index (κ2) is 4.64. The summed E-state index contributed by atoms with van der Waals surface area (Å²) in [4.78, 5) is 9.85. The van der Waals surface area contributed by atoms with Crippen molar-refractivity contribution in [1.29, 1.82) is 0 Å². The number of thioether (sulfide) groups is 1. The predicted molar refractivity (Wildman–Crippen MR) is 62.1 cm³/mol. The smallest absolute Gasteiger partial charge is 0.347 e. The highest BCUT2D eigenvalue weighted by Crippen LogP contribution is 2.33. The van der Waals surface area contributed by atoms with Crippen LogP contribution in [0.2, 0.25) is 0 Å². The molecule has 8 heteroatoms. The van der Waals surface area contributed by atoms with Gasteiger partial charge in [-0.3, -0.25) is 5.73 Å². The summed E-state index contributed by atoms with van der Waals surface area (Å²) in [5, 5.41) is 2.80. The number of carbonyl (C=O) groups excluding carboxylic acids is 1. The summed E-state index contributed by atoms with van der Waals surface area (Å²) < 4.78 is 28.0. The molecule has 1 heterocycles. The molecule has 0 saturated carbocycles. The first-order valence-electron chi connectivity index (χ1n) is 4.56. The molecule has 0 fully saturated rings. The molecular formula is C8H14N2O4S2. The van der Waals surface area contributed by atoms with Crippen LogP contribution in [0.15, 0.2) is 11.1 Å². The zero-order chi connectivity index (χ0) is 12.4. The maximum atomic E-state index is 11.7. The minimum atomic E-state index is -3.80. The monoisotopic (exact) mass is 266 g/mol. The number of hydrogen-bond acceptors (Lipinski definition) is 7. The molecule has 6 nitrogen and oxygen atoms in total. The Balaban J connectivity index is 3.17. The number of esters is 1. The fourth-order valence-electron chi connectivity index (χ4n) is 1.18. The quantitative estimate of drug-likeness (QED) is 0.654. The third-order valence-corrected chi connectivity index (χ3v) is 4.82. The van der Waals surface area contributed by atoms with E-state index in [9.17, 15) is 13.2 Å². The van der Waals surface area contributed by atoms with Gasteiger partial charge in [-0.25, -0.2) is 13.2 Å². The van der Waals surface area contributed by atoms with Crippen molar-refractivity contribution in [2.75, 3.05) is 18.7 Å². The van der Waals surface area contributed by atoms with E-state index in [1.807, 2.05) is 0 Å². The van der Waals surface area contributed by atoms with Crippen LogP contribution in [0.5, 0.6) is 0 Å². The third-order valence-electron chi connectivity index (χ3n) is 2.07. The molecule has 0 aromatic heterocycles. The predicted octanol–water partition coefficient (Wildman–Crippen LogP) is -0.616. The highest BCUT2D eigenvalue weighted by atomic mass is 32.2. The summed E-state index contributed by atoms with van der Waals surface area (Å²) >= 11 is 1.18. The molecule has 0 radical (unpaired) electrons. The van der Waals surface area contributed by atoms with Gasteiger partial charge >= 0.3 is 5.97 Å². The lowest BCUT2D eigenvalue weighted by Crippen LogP contribution is -2.55. The molecule has 92 valence electrons. The molecule has 1 atom stereocenters. The summed E-state index contributed by atoms with van der Waals surface area (Å²) in [7, 11) is -3.80. The van der Waals surface area contributed by atoms with Crippen LogP contribution in [0.4, 0.5) is 0 Å². The molecule has 0 bridgehead atoms. The molecule has 3 N–H and O–H groups in total. The van der Waals surface area contributed by atoms with Crippen molar-refractivity contribution in [3.63, 3.8) is 0 Å².